The van der Waals surface area contributed by atoms with E-state index in [0.717, 1.165) is 11.3 Å². The Morgan fingerprint density at radius 3 is 2.52 bits per heavy atom. The van der Waals surface area contributed by atoms with Gasteiger partial charge < -0.3 is 15.2 Å². The number of amides is 2. The quantitative estimate of drug-likeness (QED) is 0.888. The van der Waals surface area contributed by atoms with E-state index in [1.807, 2.05) is 42.0 Å². The van der Waals surface area contributed by atoms with Crippen molar-refractivity contribution >= 4 is 6.03 Å². The van der Waals surface area contributed by atoms with Crippen LogP contribution in [0.15, 0.2) is 43.0 Å². The van der Waals surface area contributed by atoms with Crippen molar-refractivity contribution < 1.29 is 4.79 Å². The van der Waals surface area contributed by atoms with Crippen LogP contribution in [0.25, 0.3) is 5.69 Å². The molecule has 0 saturated carbocycles. The van der Waals surface area contributed by atoms with Crippen molar-refractivity contribution in [1.29, 1.82) is 0 Å². The molecule has 0 spiro atoms. The third kappa shape index (κ3) is 4.34. The van der Waals surface area contributed by atoms with E-state index in [1.54, 1.807) is 12.5 Å². The summed E-state index contributed by atoms with van der Waals surface area (Å²) in [5, 5.41) is 5.79. The number of nitrogens with one attached hydrogen (secondary N) is 2. The number of carbonyl (C=O) groups is 1. The highest BCUT2D eigenvalue weighted by molar-refractivity contribution is 5.74. The van der Waals surface area contributed by atoms with Crippen LogP contribution in [0.1, 0.15) is 32.4 Å². The van der Waals surface area contributed by atoms with E-state index < -0.39 is 0 Å². The Kier molecular flexibility index (Phi) is 4.98. The Morgan fingerprint density at radius 1 is 1.24 bits per heavy atom. The zero-order valence-electron chi connectivity index (χ0n) is 12.7. The minimum absolute atomic E-state index is 0.0333. The summed E-state index contributed by atoms with van der Waals surface area (Å²) in [6.45, 7) is 6.79. The standard InChI is InChI=1S/C16H22N4O/c1-12(2)10-18-16(21)19-13(3)14-4-6-15(7-5-14)20-9-8-17-11-20/h4-9,11-13H,10H2,1-3H3,(H2,18,19,21). The molecule has 0 aliphatic rings. The molecule has 5 nitrogen and oxygen atoms in total. The van der Waals surface area contributed by atoms with Crippen LogP contribution < -0.4 is 10.6 Å². The Balaban J connectivity index is 1.93. The smallest absolute Gasteiger partial charge is 0.315 e. The number of hydrogen-bond donors (Lipinski definition) is 2. The number of rotatable bonds is 5. The van der Waals surface area contributed by atoms with Crippen LogP contribution in [0.3, 0.4) is 0 Å². The van der Waals surface area contributed by atoms with E-state index >= 15 is 0 Å². The summed E-state index contributed by atoms with van der Waals surface area (Å²) in [7, 11) is 0. The van der Waals surface area contributed by atoms with Gasteiger partial charge in [0.1, 0.15) is 0 Å². The van der Waals surface area contributed by atoms with Crippen molar-refractivity contribution in [1.82, 2.24) is 20.2 Å². The lowest BCUT2D eigenvalue weighted by atomic mass is 10.1. The van der Waals surface area contributed by atoms with Gasteiger partial charge >= 0.3 is 6.03 Å². The summed E-state index contributed by atoms with van der Waals surface area (Å²) >= 11 is 0. The first-order valence-electron chi connectivity index (χ1n) is 7.19. The van der Waals surface area contributed by atoms with E-state index in [-0.39, 0.29) is 12.1 Å². The minimum Gasteiger partial charge on any atom is -0.338 e. The fraction of sp³-hybridized carbons (Fsp3) is 0.375. The van der Waals surface area contributed by atoms with Crippen molar-refractivity contribution in [3.05, 3.63) is 48.5 Å². The molecule has 0 fully saturated rings. The highest BCUT2D eigenvalue weighted by Crippen LogP contribution is 2.15. The molecule has 0 bridgehead atoms. The first-order valence-corrected chi connectivity index (χ1v) is 7.19. The van der Waals surface area contributed by atoms with Crippen molar-refractivity contribution in [3.8, 4) is 5.69 Å². The average Bonchev–Trinajstić information content (AvgIpc) is 2.99. The van der Waals surface area contributed by atoms with Crippen LogP contribution in [0.5, 0.6) is 0 Å². The molecule has 2 aromatic rings. The summed E-state index contributed by atoms with van der Waals surface area (Å²) in [6, 6.07) is 7.90. The first kappa shape index (κ1) is 15.1. The first-order chi connectivity index (χ1) is 10.1. The molecule has 1 heterocycles. The van der Waals surface area contributed by atoms with Gasteiger partial charge in [-0.2, -0.15) is 0 Å². The van der Waals surface area contributed by atoms with Gasteiger partial charge in [0, 0.05) is 24.6 Å². The van der Waals surface area contributed by atoms with Gasteiger partial charge in [0.25, 0.3) is 0 Å². The topological polar surface area (TPSA) is 59.0 Å². The number of nitrogens with zero attached hydrogens (tertiary/aromatic N) is 2. The van der Waals surface area contributed by atoms with E-state index in [4.69, 9.17) is 0 Å². The fourth-order valence-corrected chi connectivity index (χ4v) is 1.97. The molecule has 21 heavy (non-hydrogen) atoms. The molecule has 1 aromatic carbocycles. The van der Waals surface area contributed by atoms with Gasteiger partial charge in [0.15, 0.2) is 0 Å². The number of hydrogen-bond acceptors (Lipinski definition) is 2. The third-order valence-electron chi connectivity index (χ3n) is 3.21. The monoisotopic (exact) mass is 286 g/mol. The highest BCUT2D eigenvalue weighted by atomic mass is 16.2. The van der Waals surface area contributed by atoms with Crippen LogP contribution >= 0.6 is 0 Å². The minimum atomic E-state index is -0.130. The molecule has 1 aromatic heterocycles. The van der Waals surface area contributed by atoms with Gasteiger partial charge in [-0.3, -0.25) is 0 Å². The number of carbonyl (C=O) groups excluding carboxylic acids is 1. The van der Waals surface area contributed by atoms with E-state index in [0.29, 0.717) is 12.5 Å². The highest BCUT2D eigenvalue weighted by Gasteiger charge is 2.09. The molecule has 2 amide bonds. The van der Waals surface area contributed by atoms with Crippen LogP contribution in [-0.4, -0.2) is 22.1 Å². The Hall–Kier alpha value is -2.30. The number of urea groups is 1. The van der Waals surface area contributed by atoms with E-state index in [9.17, 15) is 4.79 Å². The average molecular weight is 286 g/mol. The molecule has 0 aliphatic heterocycles. The SMILES string of the molecule is CC(C)CNC(=O)NC(C)c1ccc(-n2ccnc2)cc1. The predicted molar refractivity (Wildman–Crippen MR) is 83.4 cm³/mol. The van der Waals surface area contributed by atoms with Crippen molar-refractivity contribution in [3.63, 3.8) is 0 Å². The maximum Gasteiger partial charge on any atom is 0.315 e. The van der Waals surface area contributed by atoms with Gasteiger partial charge in [-0.1, -0.05) is 26.0 Å². The summed E-state index contributed by atoms with van der Waals surface area (Å²) in [6.07, 6.45) is 5.41. The summed E-state index contributed by atoms with van der Waals surface area (Å²) in [5.41, 5.74) is 2.12. The van der Waals surface area contributed by atoms with Gasteiger partial charge in [0.2, 0.25) is 0 Å². The van der Waals surface area contributed by atoms with E-state index in [2.05, 4.69) is 29.5 Å². The van der Waals surface area contributed by atoms with Gasteiger partial charge in [-0.05, 0) is 30.5 Å². The Labute approximate surface area is 125 Å². The molecule has 0 aliphatic carbocycles. The van der Waals surface area contributed by atoms with Crippen molar-refractivity contribution in [2.75, 3.05) is 6.54 Å². The van der Waals surface area contributed by atoms with Crippen LogP contribution in [0, 0.1) is 5.92 Å². The molecule has 2 rings (SSSR count). The van der Waals surface area contributed by atoms with E-state index in [1.165, 1.54) is 0 Å². The molecule has 0 radical (unpaired) electrons. The van der Waals surface area contributed by atoms with Crippen LogP contribution in [-0.2, 0) is 0 Å². The second-order valence-corrected chi connectivity index (χ2v) is 5.53. The van der Waals surface area contributed by atoms with Gasteiger partial charge in [0.05, 0.1) is 12.4 Å². The van der Waals surface area contributed by atoms with Crippen molar-refractivity contribution in [2.45, 2.75) is 26.8 Å². The molecular formula is C16H22N4O. The molecule has 1 unspecified atom stereocenters. The number of benzene rings is 1. The zero-order valence-corrected chi connectivity index (χ0v) is 12.7. The predicted octanol–water partition coefficient (Wildman–Crippen LogP) is 2.89. The third-order valence-corrected chi connectivity index (χ3v) is 3.21. The second kappa shape index (κ2) is 6.92. The van der Waals surface area contributed by atoms with Crippen molar-refractivity contribution in [2.24, 2.45) is 5.92 Å². The summed E-state index contributed by atoms with van der Waals surface area (Å²) < 4.78 is 1.94. The fourth-order valence-electron chi connectivity index (χ4n) is 1.97. The maximum absolute atomic E-state index is 11.8. The van der Waals surface area contributed by atoms with Crippen LogP contribution in [0.4, 0.5) is 4.79 Å². The molecular weight excluding hydrogens is 264 g/mol. The Bertz CT molecular complexity index is 560. The lowest BCUT2D eigenvalue weighted by Crippen LogP contribution is -2.38. The molecule has 0 saturated heterocycles. The maximum atomic E-state index is 11.8. The molecule has 112 valence electrons. The zero-order chi connectivity index (χ0) is 15.2. The second-order valence-electron chi connectivity index (χ2n) is 5.53. The van der Waals surface area contributed by atoms with Crippen LogP contribution in [0.2, 0.25) is 0 Å². The molecule has 2 N–H and O–H groups in total. The molecule has 1 atom stereocenters. The lowest BCUT2D eigenvalue weighted by molar-refractivity contribution is 0.236. The van der Waals surface area contributed by atoms with Gasteiger partial charge in [-0.15, -0.1) is 0 Å². The molecule has 5 heteroatoms. The normalized spacial score (nSPS) is 12.2. The summed E-state index contributed by atoms with van der Waals surface area (Å²) in [4.78, 5) is 15.8. The number of imidazole rings is 1. The Morgan fingerprint density at radius 2 is 1.95 bits per heavy atom. The number of aromatic nitrogens is 2. The lowest BCUT2D eigenvalue weighted by Gasteiger charge is -2.16. The summed E-state index contributed by atoms with van der Waals surface area (Å²) in [5.74, 6) is 0.445. The largest absolute Gasteiger partial charge is 0.338 e. The van der Waals surface area contributed by atoms with Gasteiger partial charge in [-0.25, -0.2) is 9.78 Å².